The third-order valence-corrected chi connectivity index (χ3v) is 5.02. The fourth-order valence-electron chi connectivity index (χ4n) is 3.45. The van der Waals surface area contributed by atoms with Gasteiger partial charge in [0.05, 0.1) is 13.2 Å². The first-order valence-corrected chi connectivity index (χ1v) is 8.84. The summed E-state index contributed by atoms with van der Waals surface area (Å²) < 4.78 is 19.3. The zero-order valence-corrected chi connectivity index (χ0v) is 15.4. The minimum Gasteiger partial charge on any atom is -0.496 e. The van der Waals surface area contributed by atoms with Crippen LogP contribution in [0.5, 0.6) is 5.75 Å². The maximum atomic E-state index is 13.9. The van der Waals surface area contributed by atoms with Crippen molar-refractivity contribution in [3.63, 3.8) is 0 Å². The molecule has 0 aliphatic heterocycles. The SMILES string of the molecule is COc1ccccc1C(CNC(=O)C1CC1c1ccccc1F)N(C)C. The Hall–Kier alpha value is -2.40. The molecule has 1 fully saturated rings. The van der Waals surface area contributed by atoms with Gasteiger partial charge in [-0.1, -0.05) is 36.4 Å². The molecule has 0 radical (unpaired) electrons. The highest BCUT2D eigenvalue weighted by Crippen LogP contribution is 2.48. The van der Waals surface area contributed by atoms with Crippen LogP contribution in [-0.4, -0.2) is 38.6 Å². The molecule has 0 bridgehead atoms. The summed E-state index contributed by atoms with van der Waals surface area (Å²) >= 11 is 0. The first-order valence-electron chi connectivity index (χ1n) is 8.84. The molecule has 1 aliphatic carbocycles. The Morgan fingerprint density at radius 2 is 1.92 bits per heavy atom. The number of halogens is 1. The Kier molecular flexibility index (Phi) is 5.57. The molecule has 0 heterocycles. The lowest BCUT2D eigenvalue weighted by Crippen LogP contribution is -2.35. The quantitative estimate of drug-likeness (QED) is 0.827. The largest absolute Gasteiger partial charge is 0.496 e. The molecule has 4 nitrogen and oxygen atoms in total. The van der Waals surface area contributed by atoms with Crippen LogP contribution < -0.4 is 10.1 Å². The van der Waals surface area contributed by atoms with Crippen molar-refractivity contribution in [2.24, 2.45) is 5.92 Å². The van der Waals surface area contributed by atoms with Crippen molar-refractivity contribution in [1.29, 1.82) is 0 Å². The summed E-state index contributed by atoms with van der Waals surface area (Å²) in [6, 6.07) is 14.5. The number of para-hydroxylation sites is 1. The topological polar surface area (TPSA) is 41.6 Å². The molecule has 1 aliphatic rings. The second kappa shape index (κ2) is 7.87. The van der Waals surface area contributed by atoms with E-state index in [1.165, 1.54) is 6.07 Å². The molecule has 26 heavy (non-hydrogen) atoms. The molecule has 0 saturated heterocycles. The van der Waals surface area contributed by atoms with Crippen LogP contribution in [0.25, 0.3) is 0 Å². The summed E-state index contributed by atoms with van der Waals surface area (Å²) in [4.78, 5) is 14.6. The molecule has 2 aromatic rings. The fraction of sp³-hybridized carbons (Fsp3) is 0.381. The summed E-state index contributed by atoms with van der Waals surface area (Å²) in [5, 5.41) is 3.04. The van der Waals surface area contributed by atoms with Gasteiger partial charge in [0.15, 0.2) is 0 Å². The number of carbonyl (C=O) groups excluding carboxylic acids is 1. The van der Waals surface area contributed by atoms with Gasteiger partial charge in [0, 0.05) is 18.0 Å². The lowest BCUT2D eigenvalue weighted by atomic mass is 10.0. The maximum Gasteiger partial charge on any atom is 0.223 e. The van der Waals surface area contributed by atoms with E-state index in [0.717, 1.165) is 11.3 Å². The van der Waals surface area contributed by atoms with Crippen molar-refractivity contribution in [3.05, 3.63) is 65.5 Å². The van der Waals surface area contributed by atoms with Gasteiger partial charge in [-0.15, -0.1) is 0 Å². The zero-order valence-electron chi connectivity index (χ0n) is 15.4. The number of nitrogens with zero attached hydrogens (tertiary/aromatic N) is 1. The molecule has 138 valence electrons. The highest BCUT2D eigenvalue weighted by Gasteiger charge is 2.45. The third kappa shape index (κ3) is 3.88. The summed E-state index contributed by atoms with van der Waals surface area (Å²) in [5.41, 5.74) is 1.67. The van der Waals surface area contributed by atoms with E-state index in [-0.39, 0.29) is 29.6 Å². The summed E-state index contributed by atoms with van der Waals surface area (Å²) in [6.45, 7) is 0.479. The Bertz CT molecular complexity index is 778. The van der Waals surface area contributed by atoms with Gasteiger partial charge >= 0.3 is 0 Å². The molecule has 5 heteroatoms. The van der Waals surface area contributed by atoms with Gasteiger partial charge in [0.25, 0.3) is 0 Å². The summed E-state index contributed by atoms with van der Waals surface area (Å²) in [6.07, 6.45) is 0.702. The molecular weight excluding hydrogens is 331 g/mol. The second-order valence-electron chi connectivity index (χ2n) is 6.94. The van der Waals surface area contributed by atoms with E-state index in [0.29, 0.717) is 18.5 Å². The average molecular weight is 356 g/mol. The van der Waals surface area contributed by atoms with Crippen molar-refractivity contribution < 1.29 is 13.9 Å². The number of benzene rings is 2. The van der Waals surface area contributed by atoms with Crippen molar-refractivity contribution in [3.8, 4) is 5.75 Å². The van der Waals surface area contributed by atoms with Crippen LogP contribution in [0.4, 0.5) is 4.39 Å². The second-order valence-corrected chi connectivity index (χ2v) is 6.94. The average Bonchev–Trinajstić information content (AvgIpc) is 3.43. The van der Waals surface area contributed by atoms with Crippen molar-refractivity contribution in [1.82, 2.24) is 10.2 Å². The first-order chi connectivity index (χ1) is 12.5. The number of likely N-dealkylation sites (N-methyl/N-ethyl adjacent to an activating group) is 1. The Morgan fingerprint density at radius 3 is 2.62 bits per heavy atom. The Balaban J connectivity index is 1.64. The van der Waals surface area contributed by atoms with Gasteiger partial charge in [-0.05, 0) is 44.1 Å². The molecule has 1 amide bonds. The number of hydrogen-bond acceptors (Lipinski definition) is 3. The number of amides is 1. The number of ether oxygens (including phenoxy) is 1. The van der Waals surface area contributed by atoms with E-state index in [4.69, 9.17) is 4.74 Å². The monoisotopic (exact) mass is 356 g/mol. The molecule has 2 aromatic carbocycles. The van der Waals surface area contributed by atoms with E-state index in [9.17, 15) is 9.18 Å². The van der Waals surface area contributed by atoms with Crippen LogP contribution in [0.15, 0.2) is 48.5 Å². The molecule has 3 rings (SSSR count). The van der Waals surface area contributed by atoms with Crippen molar-refractivity contribution in [2.45, 2.75) is 18.4 Å². The molecule has 3 unspecified atom stereocenters. The standard InChI is InChI=1S/C21H25FN2O2/c1-24(2)19(15-9-5-7-11-20(15)26-3)13-23-21(25)17-12-16(17)14-8-4-6-10-18(14)22/h4-11,16-17,19H,12-13H2,1-3H3,(H,23,25). The maximum absolute atomic E-state index is 13.9. The highest BCUT2D eigenvalue weighted by atomic mass is 19.1. The molecule has 0 aromatic heterocycles. The smallest absolute Gasteiger partial charge is 0.223 e. The lowest BCUT2D eigenvalue weighted by molar-refractivity contribution is -0.122. The Morgan fingerprint density at radius 1 is 1.23 bits per heavy atom. The van der Waals surface area contributed by atoms with E-state index in [2.05, 4.69) is 10.2 Å². The number of methoxy groups -OCH3 is 1. The van der Waals surface area contributed by atoms with Crippen LogP contribution in [0.3, 0.4) is 0 Å². The predicted molar refractivity (Wildman–Crippen MR) is 99.7 cm³/mol. The molecule has 1 N–H and O–H groups in total. The van der Waals surface area contributed by atoms with Crippen molar-refractivity contribution >= 4 is 5.91 Å². The molecule has 0 spiro atoms. The van der Waals surface area contributed by atoms with Gasteiger partial charge in [0.1, 0.15) is 11.6 Å². The molecule has 1 saturated carbocycles. The van der Waals surface area contributed by atoms with E-state index in [1.54, 1.807) is 19.2 Å². The molecular formula is C21H25FN2O2. The normalized spacial score (nSPS) is 19.9. The summed E-state index contributed by atoms with van der Waals surface area (Å²) in [5.74, 6) is 0.400. The van der Waals surface area contributed by atoms with Gasteiger partial charge < -0.3 is 15.0 Å². The van der Waals surface area contributed by atoms with Crippen LogP contribution in [0.2, 0.25) is 0 Å². The van der Waals surface area contributed by atoms with Gasteiger partial charge in [-0.3, -0.25) is 4.79 Å². The number of nitrogens with one attached hydrogen (secondary N) is 1. The fourth-order valence-corrected chi connectivity index (χ4v) is 3.45. The van der Waals surface area contributed by atoms with Crippen LogP contribution in [0, 0.1) is 11.7 Å². The minimum atomic E-state index is -0.229. The predicted octanol–water partition coefficient (Wildman–Crippen LogP) is 3.36. The van der Waals surface area contributed by atoms with Gasteiger partial charge in [-0.2, -0.15) is 0 Å². The van der Waals surface area contributed by atoms with Crippen LogP contribution in [-0.2, 0) is 4.79 Å². The Labute approximate surface area is 154 Å². The zero-order chi connectivity index (χ0) is 18.7. The summed E-state index contributed by atoms with van der Waals surface area (Å²) in [7, 11) is 5.60. The third-order valence-electron chi connectivity index (χ3n) is 5.02. The van der Waals surface area contributed by atoms with E-state index in [1.807, 2.05) is 44.4 Å². The van der Waals surface area contributed by atoms with Gasteiger partial charge in [0.2, 0.25) is 5.91 Å². The lowest BCUT2D eigenvalue weighted by Gasteiger charge is -2.26. The van der Waals surface area contributed by atoms with Crippen molar-refractivity contribution in [2.75, 3.05) is 27.7 Å². The van der Waals surface area contributed by atoms with E-state index >= 15 is 0 Å². The van der Waals surface area contributed by atoms with E-state index < -0.39 is 0 Å². The van der Waals surface area contributed by atoms with Gasteiger partial charge in [-0.25, -0.2) is 4.39 Å². The van der Waals surface area contributed by atoms with Crippen LogP contribution >= 0.6 is 0 Å². The molecule has 3 atom stereocenters. The number of hydrogen-bond donors (Lipinski definition) is 1. The first kappa shape index (κ1) is 18.4. The van der Waals surface area contributed by atoms with Crippen LogP contribution in [0.1, 0.15) is 29.5 Å². The minimum absolute atomic E-state index is 0.000705. The highest BCUT2D eigenvalue weighted by molar-refractivity contribution is 5.83. The number of carbonyl (C=O) groups is 1. The number of rotatable bonds is 7.